The van der Waals surface area contributed by atoms with Gasteiger partial charge in [-0.15, -0.1) is 0 Å². The number of carbonyl (C=O) groups is 1. The van der Waals surface area contributed by atoms with Crippen molar-refractivity contribution in [2.45, 2.75) is 31.2 Å². The Labute approximate surface area is 157 Å². The van der Waals surface area contributed by atoms with E-state index in [1.807, 2.05) is 19.1 Å². The Kier molecular flexibility index (Phi) is 6.46. The van der Waals surface area contributed by atoms with Gasteiger partial charge >= 0.3 is 0 Å². The van der Waals surface area contributed by atoms with Gasteiger partial charge in [0.25, 0.3) is 0 Å². The molecule has 0 unspecified atom stereocenters. The number of hydrogen-bond acceptors (Lipinski definition) is 3. The van der Waals surface area contributed by atoms with E-state index >= 15 is 0 Å². The largest absolute Gasteiger partial charge is 0.324 e. The molecule has 0 aliphatic heterocycles. The molecule has 0 radical (unpaired) electrons. The first-order valence-electron chi connectivity index (χ1n) is 7.60. The van der Waals surface area contributed by atoms with Gasteiger partial charge in [0.15, 0.2) is 0 Å². The molecule has 0 saturated carbocycles. The van der Waals surface area contributed by atoms with Gasteiger partial charge in [0.2, 0.25) is 15.9 Å². The van der Waals surface area contributed by atoms with Crippen molar-refractivity contribution >= 4 is 44.8 Å². The molecule has 2 N–H and O–H groups in total. The first kappa shape index (κ1) is 19.7. The third-order valence-corrected chi connectivity index (χ3v) is 5.82. The van der Waals surface area contributed by atoms with Crippen LogP contribution in [-0.4, -0.2) is 20.4 Å². The minimum atomic E-state index is -3.99. The topological polar surface area (TPSA) is 75.3 Å². The third-order valence-electron chi connectivity index (χ3n) is 3.56. The summed E-state index contributed by atoms with van der Waals surface area (Å²) >= 11 is 11.8. The second kappa shape index (κ2) is 8.19. The summed E-state index contributed by atoms with van der Waals surface area (Å²) in [7, 11) is -3.99. The van der Waals surface area contributed by atoms with Crippen molar-refractivity contribution < 1.29 is 13.2 Å². The van der Waals surface area contributed by atoms with Gasteiger partial charge in [-0.25, -0.2) is 8.42 Å². The fourth-order valence-corrected chi connectivity index (χ4v) is 4.19. The van der Waals surface area contributed by atoms with Crippen molar-refractivity contribution in [3.8, 4) is 0 Å². The summed E-state index contributed by atoms with van der Waals surface area (Å²) in [4.78, 5) is 12.2. The second-order valence-electron chi connectivity index (χ2n) is 5.42. The van der Waals surface area contributed by atoms with Crippen LogP contribution >= 0.6 is 23.2 Å². The highest BCUT2D eigenvalue weighted by Gasteiger charge is 2.24. The van der Waals surface area contributed by atoms with E-state index in [0.717, 1.165) is 12.0 Å². The molecule has 0 aliphatic rings. The van der Waals surface area contributed by atoms with E-state index in [4.69, 9.17) is 23.2 Å². The zero-order valence-corrected chi connectivity index (χ0v) is 16.0. The average Bonchev–Trinajstić information content (AvgIpc) is 2.57. The van der Waals surface area contributed by atoms with Crippen molar-refractivity contribution in [2.75, 3.05) is 5.32 Å². The van der Waals surface area contributed by atoms with Crippen molar-refractivity contribution in [3.05, 3.63) is 58.1 Å². The smallest absolute Gasteiger partial charge is 0.242 e. The number of nitrogens with one attached hydrogen (secondary N) is 2. The lowest BCUT2D eigenvalue weighted by Gasteiger charge is -2.16. The molecule has 134 valence electrons. The molecule has 8 heteroatoms. The second-order valence-corrected chi connectivity index (χ2v) is 7.94. The van der Waals surface area contributed by atoms with Crippen molar-refractivity contribution in [1.82, 2.24) is 4.72 Å². The molecule has 0 aromatic heterocycles. The number of amides is 1. The summed E-state index contributed by atoms with van der Waals surface area (Å²) in [5.74, 6) is -0.470. The Morgan fingerprint density at radius 2 is 1.84 bits per heavy atom. The van der Waals surface area contributed by atoms with E-state index in [2.05, 4.69) is 10.0 Å². The van der Waals surface area contributed by atoms with Crippen LogP contribution in [0.25, 0.3) is 0 Å². The lowest BCUT2D eigenvalue weighted by atomic mass is 10.1. The summed E-state index contributed by atoms with van der Waals surface area (Å²) in [6.07, 6.45) is 0.745. The van der Waals surface area contributed by atoms with Crippen LogP contribution in [0.1, 0.15) is 19.4 Å². The lowest BCUT2D eigenvalue weighted by molar-refractivity contribution is -0.117. The maximum Gasteiger partial charge on any atom is 0.242 e. The van der Waals surface area contributed by atoms with Crippen LogP contribution in [0.4, 0.5) is 5.69 Å². The van der Waals surface area contributed by atoms with Crippen molar-refractivity contribution in [3.63, 3.8) is 0 Å². The number of rotatable bonds is 6. The van der Waals surface area contributed by atoms with Gasteiger partial charge in [-0.1, -0.05) is 48.3 Å². The van der Waals surface area contributed by atoms with E-state index in [1.165, 1.54) is 25.1 Å². The molecule has 0 bridgehead atoms. The Morgan fingerprint density at radius 1 is 1.16 bits per heavy atom. The molecule has 0 saturated heterocycles. The molecule has 0 spiro atoms. The molecule has 5 nitrogen and oxygen atoms in total. The molecule has 2 rings (SSSR count). The first-order valence-corrected chi connectivity index (χ1v) is 9.84. The van der Waals surface area contributed by atoms with Crippen LogP contribution in [0.2, 0.25) is 10.0 Å². The maximum atomic E-state index is 12.5. The third kappa shape index (κ3) is 4.95. The molecule has 0 heterocycles. The fraction of sp³-hybridized carbons (Fsp3) is 0.235. The van der Waals surface area contributed by atoms with Crippen molar-refractivity contribution in [1.29, 1.82) is 0 Å². The SMILES string of the molecule is CCc1ccccc1NC(=O)[C@H](C)NS(=O)(=O)c1cc(Cl)ccc1Cl. The van der Waals surface area contributed by atoms with Crippen LogP contribution in [0.15, 0.2) is 47.4 Å². The van der Waals surface area contributed by atoms with Gasteiger partial charge < -0.3 is 5.32 Å². The molecule has 2 aromatic rings. The van der Waals surface area contributed by atoms with Gasteiger partial charge in [-0.2, -0.15) is 4.72 Å². The minimum Gasteiger partial charge on any atom is -0.324 e. The van der Waals surface area contributed by atoms with E-state index in [1.54, 1.807) is 12.1 Å². The fourth-order valence-electron chi connectivity index (χ4n) is 2.22. The van der Waals surface area contributed by atoms with Gasteiger partial charge in [0.05, 0.1) is 11.1 Å². The number of halogens is 2. The molecule has 2 aromatic carbocycles. The standard InChI is InChI=1S/C17H18Cl2N2O3S/c1-3-12-6-4-5-7-15(12)20-17(22)11(2)21-25(23,24)16-10-13(18)8-9-14(16)19/h4-11,21H,3H2,1-2H3,(H,20,22)/t11-/m0/s1. The Morgan fingerprint density at radius 3 is 2.52 bits per heavy atom. The van der Waals surface area contributed by atoms with Crippen LogP contribution in [0.3, 0.4) is 0 Å². The zero-order valence-electron chi connectivity index (χ0n) is 13.7. The van der Waals surface area contributed by atoms with E-state index < -0.39 is 22.0 Å². The highest BCUT2D eigenvalue weighted by Crippen LogP contribution is 2.25. The number of hydrogen-bond donors (Lipinski definition) is 2. The van der Waals surface area contributed by atoms with Crippen LogP contribution < -0.4 is 10.0 Å². The molecule has 1 atom stereocenters. The molecule has 1 amide bonds. The zero-order chi connectivity index (χ0) is 18.6. The normalized spacial score (nSPS) is 12.6. The quantitative estimate of drug-likeness (QED) is 0.772. The molecular formula is C17H18Cl2N2O3S. The predicted octanol–water partition coefficient (Wildman–Crippen LogP) is 3.86. The van der Waals surface area contributed by atoms with E-state index in [0.29, 0.717) is 5.69 Å². The van der Waals surface area contributed by atoms with Crippen molar-refractivity contribution in [2.24, 2.45) is 0 Å². The number of carbonyl (C=O) groups excluding carboxylic acids is 1. The molecule has 25 heavy (non-hydrogen) atoms. The Bertz CT molecular complexity index is 885. The number of benzene rings is 2. The van der Waals surface area contributed by atoms with E-state index in [9.17, 15) is 13.2 Å². The summed E-state index contributed by atoms with van der Waals surface area (Å²) in [5, 5.41) is 3.00. The highest BCUT2D eigenvalue weighted by atomic mass is 35.5. The number of aryl methyl sites for hydroxylation is 1. The van der Waals surface area contributed by atoms with Gasteiger partial charge in [-0.3, -0.25) is 4.79 Å². The average molecular weight is 401 g/mol. The number of anilines is 1. The van der Waals surface area contributed by atoms with Crippen LogP contribution in [0.5, 0.6) is 0 Å². The summed E-state index contributed by atoms with van der Waals surface area (Å²) in [6, 6.07) is 10.5. The minimum absolute atomic E-state index is 0.0286. The number of sulfonamides is 1. The Balaban J connectivity index is 2.16. The van der Waals surface area contributed by atoms with Gasteiger partial charge in [-0.05, 0) is 43.2 Å². The molecule has 0 fully saturated rings. The van der Waals surface area contributed by atoms with Gasteiger partial charge in [0, 0.05) is 10.7 Å². The van der Waals surface area contributed by atoms with Crippen LogP contribution in [-0.2, 0) is 21.2 Å². The summed E-state index contributed by atoms with van der Waals surface area (Å²) < 4.78 is 27.2. The molecule has 0 aliphatic carbocycles. The number of para-hydroxylation sites is 1. The van der Waals surface area contributed by atoms with Gasteiger partial charge in [0.1, 0.15) is 4.90 Å². The van der Waals surface area contributed by atoms with Crippen LogP contribution in [0, 0.1) is 0 Å². The maximum absolute atomic E-state index is 12.5. The lowest BCUT2D eigenvalue weighted by Crippen LogP contribution is -2.41. The summed E-state index contributed by atoms with van der Waals surface area (Å²) in [6.45, 7) is 3.43. The Hall–Kier alpha value is -1.60. The molecular weight excluding hydrogens is 383 g/mol. The highest BCUT2D eigenvalue weighted by molar-refractivity contribution is 7.89. The predicted molar refractivity (Wildman–Crippen MR) is 101 cm³/mol. The van der Waals surface area contributed by atoms with E-state index in [-0.39, 0.29) is 14.9 Å². The summed E-state index contributed by atoms with van der Waals surface area (Å²) in [5.41, 5.74) is 1.62. The first-order chi connectivity index (χ1) is 11.7. The monoisotopic (exact) mass is 400 g/mol.